The lowest BCUT2D eigenvalue weighted by molar-refractivity contribution is 0.0514. The number of hydrogen-bond donors (Lipinski definition) is 7. The average molecular weight is 1540 g/mol. The van der Waals surface area contributed by atoms with Crippen LogP contribution in [0.1, 0.15) is 65.3 Å². The summed E-state index contributed by atoms with van der Waals surface area (Å²) in [6, 6.07) is 51.3. The number of H-pyrrole nitrogens is 4. The van der Waals surface area contributed by atoms with E-state index in [1.54, 1.807) is 43.0 Å². The third-order valence-corrected chi connectivity index (χ3v) is 20.7. The molecule has 13 heterocycles. The first-order chi connectivity index (χ1) is 56.0. The van der Waals surface area contributed by atoms with Crippen molar-refractivity contribution in [2.75, 3.05) is 110 Å². The van der Waals surface area contributed by atoms with Crippen molar-refractivity contribution in [3.8, 4) is 90.5 Å². The lowest BCUT2D eigenvalue weighted by Crippen LogP contribution is -2.36. The molecule has 0 radical (unpaired) electrons. The van der Waals surface area contributed by atoms with Crippen molar-refractivity contribution in [3.05, 3.63) is 283 Å². The van der Waals surface area contributed by atoms with Gasteiger partial charge >= 0.3 is 6.09 Å². The summed E-state index contributed by atoms with van der Waals surface area (Å²) in [6.07, 6.45) is 15.8. The van der Waals surface area contributed by atoms with Crippen molar-refractivity contribution >= 4 is 40.2 Å². The van der Waals surface area contributed by atoms with Gasteiger partial charge in [-0.1, -0.05) is 36.4 Å². The number of nitrogen functional groups attached to an aromatic ring is 1. The molecule has 3 fully saturated rings. The third kappa shape index (κ3) is 17.1. The average Bonchev–Trinajstić information content (AvgIpc) is 1.74. The van der Waals surface area contributed by atoms with Crippen molar-refractivity contribution in [2.45, 2.75) is 58.7 Å². The Bertz CT molecular complexity index is 5950. The summed E-state index contributed by atoms with van der Waals surface area (Å²) in [4.78, 5) is 74.4. The number of benzene rings is 6. The second-order valence-electron chi connectivity index (χ2n) is 29.9. The van der Waals surface area contributed by atoms with Gasteiger partial charge < -0.3 is 79.2 Å². The predicted octanol–water partition coefficient (Wildman–Crippen LogP) is 14.4. The molecule has 6 aliphatic heterocycles. The van der Waals surface area contributed by atoms with E-state index in [1.807, 2.05) is 149 Å². The fraction of sp³-hybridized carbons (Fsp3) is 0.236. The zero-order valence-corrected chi connectivity index (χ0v) is 63.8. The molecule has 26 nitrogen and oxygen atoms in total. The summed E-state index contributed by atoms with van der Waals surface area (Å²) < 4.78 is 42.2. The lowest BCUT2D eigenvalue weighted by atomic mass is 9.96. The van der Waals surface area contributed by atoms with Crippen LogP contribution in [0.3, 0.4) is 0 Å². The van der Waals surface area contributed by atoms with Crippen LogP contribution in [-0.4, -0.2) is 136 Å². The lowest BCUT2D eigenvalue weighted by Gasteiger charge is -2.29. The molecular formula is C89H85N15O11. The minimum atomic E-state index is -0.608. The zero-order valence-electron chi connectivity index (χ0n) is 63.8. The van der Waals surface area contributed by atoms with Crippen LogP contribution in [0.5, 0.6) is 34.5 Å². The third-order valence-electron chi connectivity index (χ3n) is 20.7. The van der Waals surface area contributed by atoms with E-state index in [0.29, 0.717) is 59.2 Å². The maximum absolute atomic E-state index is 12.7. The molecule has 115 heavy (non-hydrogen) atoms. The molecule has 0 saturated carbocycles. The number of pyridine rings is 5. The summed E-state index contributed by atoms with van der Waals surface area (Å²) in [5.41, 5.74) is 27.3. The standard InChI is InChI=1S/C36H36N6O5.C31H28N6O3.C22H21N3O3/c1-36(2,3)47-35(44)42-22-27(21-39-42)26-13-23(18-37-20-26)19-38-28-7-8-32-25(15-28)14-24-5-4-6-30(34(24)46-32)31-16-29(17-33(43)40-31)41-9-11-45-12-10-41;38-30-14-26(37-6-8-39-9-7-37)13-28(36-30)27-3-1-2-21-11-22-12-25(4-5-29(22)40-31(21)27)33-16-20-10-23(17-32-15-20)24-18-34-35-19-24;23-16-4-5-20-15(11-16)10-14-2-1-3-18(22(14)28-20)19-12-17(13-21(26)24-19)25-6-8-27-9-7-25/h4-8,13,15-18,20-22,38H,9-12,14,19H2,1-3H3,(H,40,43);1-5,10,12-15,17-19,33H,6-9,11,16H2,(H,34,35)(H,36,38);1-5,11-13H,6-10,23H2,(H,24,26). The van der Waals surface area contributed by atoms with Crippen LogP contribution in [0.2, 0.25) is 0 Å². The molecule has 0 spiro atoms. The number of morpholine rings is 3. The van der Waals surface area contributed by atoms with Gasteiger partial charge in [0.05, 0.1) is 69.1 Å². The number of nitrogens with zero attached hydrogens (tertiary/aromatic N) is 8. The topological polar surface area (TPSA) is 312 Å². The highest BCUT2D eigenvalue weighted by molar-refractivity contribution is 5.79. The molecule has 582 valence electrons. The first-order valence-electron chi connectivity index (χ1n) is 38.4. The first-order valence-corrected chi connectivity index (χ1v) is 38.4. The number of aromatic amines is 4. The van der Waals surface area contributed by atoms with Gasteiger partial charge in [-0.15, -0.1) is 0 Å². The Hall–Kier alpha value is -13.6. The van der Waals surface area contributed by atoms with E-state index in [9.17, 15) is 19.2 Å². The van der Waals surface area contributed by atoms with Gasteiger partial charge in [-0.2, -0.15) is 14.9 Å². The number of carbonyl (C=O) groups is 1. The zero-order chi connectivity index (χ0) is 78.5. The molecule has 8 N–H and O–H groups in total. The quantitative estimate of drug-likeness (QED) is 0.0498. The molecule has 0 atom stereocenters. The van der Waals surface area contributed by atoms with Crippen LogP contribution in [0.4, 0.5) is 38.9 Å². The number of ether oxygens (including phenoxy) is 7. The smallest absolute Gasteiger partial charge is 0.435 e. The van der Waals surface area contributed by atoms with Gasteiger partial charge in [0.2, 0.25) is 16.7 Å². The molecule has 0 bridgehead atoms. The highest BCUT2D eigenvalue weighted by Gasteiger charge is 2.28. The minimum absolute atomic E-state index is 0.124. The second-order valence-corrected chi connectivity index (χ2v) is 29.9. The summed E-state index contributed by atoms with van der Waals surface area (Å²) in [7, 11) is 0. The monoisotopic (exact) mass is 1540 g/mol. The SMILES string of the molecule is CC(C)(C)OC(=O)n1cc(-c2cncc(CNc3ccc4c(c3)Cc3cccc(-c5cc(N6CCOCC6)cc(=O)[nH]5)c3O4)c2)cn1.Nc1ccc2c(c1)Cc1cccc(-c3cc(N4CCOCC4)cc(=O)[nH]3)c1O2.O=c1cc(N2CCOCC2)cc(-c2cccc3c2Oc2ccc(NCc4cncc(-c5cn[nH]c5)c4)cc2C3)[nH]1. The van der Waals surface area contributed by atoms with Crippen LogP contribution in [-0.2, 0) is 51.3 Å². The fourth-order valence-electron chi connectivity index (χ4n) is 15.0. The maximum atomic E-state index is 12.7. The van der Waals surface area contributed by atoms with Crippen LogP contribution >= 0.6 is 0 Å². The van der Waals surface area contributed by atoms with E-state index in [0.717, 1.165) is 221 Å². The van der Waals surface area contributed by atoms with Crippen LogP contribution in [0.15, 0.2) is 222 Å². The van der Waals surface area contributed by atoms with Crippen LogP contribution < -0.4 is 62.0 Å². The Balaban J connectivity index is 0.000000128. The summed E-state index contributed by atoms with van der Waals surface area (Å²) in [5.74, 6) is 4.74. The first kappa shape index (κ1) is 74.2. The largest absolute Gasteiger partial charge is 0.456 e. The van der Waals surface area contributed by atoms with Gasteiger partial charge in [-0.25, -0.2) is 4.79 Å². The Morgan fingerprint density at radius 1 is 0.461 bits per heavy atom. The molecule has 0 aliphatic carbocycles. The Morgan fingerprint density at radius 3 is 1.30 bits per heavy atom. The molecule has 3 saturated heterocycles. The van der Waals surface area contributed by atoms with Gasteiger partial charge in [0.15, 0.2) is 0 Å². The molecule has 19 rings (SSSR count). The van der Waals surface area contributed by atoms with Crippen LogP contribution in [0, 0.1) is 0 Å². The Kier molecular flexibility index (Phi) is 21.1. The van der Waals surface area contributed by atoms with Gasteiger partial charge in [0.1, 0.15) is 40.1 Å². The number of anilines is 6. The number of aromatic nitrogens is 9. The van der Waals surface area contributed by atoms with Crippen molar-refractivity contribution in [1.82, 2.24) is 44.9 Å². The van der Waals surface area contributed by atoms with Crippen molar-refractivity contribution in [2.24, 2.45) is 0 Å². The molecular weight excluding hydrogens is 1460 g/mol. The van der Waals surface area contributed by atoms with Crippen molar-refractivity contribution < 1.29 is 38.0 Å². The summed E-state index contributed by atoms with van der Waals surface area (Å²) >= 11 is 0. The molecule has 13 aromatic rings. The number of rotatable bonds is 14. The fourth-order valence-corrected chi connectivity index (χ4v) is 15.0. The minimum Gasteiger partial charge on any atom is -0.456 e. The number of carbonyl (C=O) groups excluding carboxylic acids is 1. The Labute approximate surface area is 661 Å². The predicted molar refractivity (Wildman–Crippen MR) is 443 cm³/mol. The van der Waals surface area contributed by atoms with E-state index < -0.39 is 11.7 Å². The highest BCUT2D eigenvalue weighted by Crippen LogP contribution is 2.47. The molecule has 6 aliphatic rings. The molecule has 0 unspecified atom stereocenters. The summed E-state index contributed by atoms with van der Waals surface area (Å²) in [6.45, 7) is 15.2. The number of hydrogen-bond acceptors (Lipinski definition) is 21. The van der Waals surface area contributed by atoms with Crippen LogP contribution in [0.25, 0.3) is 56.0 Å². The molecule has 7 aromatic heterocycles. The van der Waals surface area contributed by atoms with Gasteiger partial charge in [-0.05, 0) is 152 Å². The Morgan fingerprint density at radius 2 is 0.878 bits per heavy atom. The van der Waals surface area contributed by atoms with E-state index in [4.69, 9.17) is 38.9 Å². The van der Waals surface area contributed by atoms with E-state index >= 15 is 0 Å². The highest BCUT2D eigenvalue weighted by atomic mass is 16.6. The van der Waals surface area contributed by atoms with E-state index in [2.05, 4.69) is 102 Å². The maximum Gasteiger partial charge on any atom is 0.435 e. The van der Waals surface area contributed by atoms with Gasteiger partial charge in [0, 0.05) is 217 Å². The number of nitrogens with two attached hydrogens (primary N) is 1. The number of nitrogens with one attached hydrogen (secondary N) is 6. The van der Waals surface area contributed by atoms with Gasteiger partial charge in [-0.3, -0.25) is 29.5 Å². The van der Waals surface area contributed by atoms with Crippen molar-refractivity contribution in [1.29, 1.82) is 0 Å². The molecule has 6 aromatic carbocycles. The van der Waals surface area contributed by atoms with Crippen molar-refractivity contribution in [3.63, 3.8) is 0 Å². The normalized spacial score (nSPS) is 14.5. The molecule has 26 heteroatoms. The van der Waals surface area contributed by atoms with E-state index in [1.165, 1.54) is 4.68 Å². The summed E-state index contributed by atoms with van der Waals surface area (Å²) in [5, 5.41) is 18.1. The van der Waals surface area contributed by atoms with Gasteiger partial charge in [0.25, 0.3) is 0 Å². The number of para-hydroxylation sites is 3. The molecule has 0 amide bonds. The second kappa shape index (κ2) is 32.6. The number of fused-ring (bicyclic) bond motifs is 6. The van der Waals surface area contributed by atoms with E-state index in [-0.39, 0.29) is 16.7 Å².